The molecule has 0 saturated carbocycles. The average Bonchev–Trinajstić information content (AvgIpc) is 2.69. The summed E-state index contributed by atoms with van der Waals surface area (Å²) in [6.07, 6.45) is -0.0608. The van der Waals surface area contributed by atoms with Crippen LogP contribution in [0, 0.1) is 6.92 Å². The first-order valence-corrected chi connectivity index (χ1v) is 6.06. The number of benzene rings is 1. The zero-order valence-corrected chi connectivity index (χ0v) is 10.7. The van der Waals surface area contributed by atoms with E-state index in [1.807, 2.05) is 13.0 Å². The minimum atomic E-state index is -3.58. The smallest absolute Gasteiger partial charge is 0.395 e. The molecule has 1 aliphatic heterocycles. The summed E-state index contributed by atoms with van der Waals surface area (Å²) in [5, 5.41) is 3.12. The molecule has 2 aromatic rings. The van der Waals surface area contributed by atoms with E-state index in [0.717, 1.165) is 11.1 Å². The number of pyridine rings is 1. The first-order valence-electron chi connectivity index (χ1n) is 6.06. The van der Waals surface area contributed by atoms with Crippen molar-refractivity contribution in [2.24, 2.45) is 0 Å². The molecule has 0 fully saturated rings. The van der Waals surface area contributed by atoms with Gasteiger partial charge >= 0.3 is 6.29 Å². The van der Waals surface area contributed by atoms with Gasteiger partial charge in [-0.2, -0.15) is 0 Å². The van der Waals surface area contributed by atoms with E-state index in [1.54, 1.807) is 18.5 Å². The molecule has 0 saturated heterocycles. The molecular formula is C14H12F2N2O2. The van der Waals surface area contributed by atoms with Crippen LogP contribution in [-0.4, -0.2) is 11.3 Å². The normalized spacial score (nSPS) is 15.2. The van der Waals surface area contributed by atoms with Crippen LogP contribution in [0.5, 0.6) is 11.5 Å². The van der Waals surface area contributed by atoms with Gasteiger partial charge in [-0.1, -0.05) is 6.07 Å². The fourth-order valence-electron chi connectivity index (χ4n) is 1.98. The summed E-state index contributed by atoms with van der Waals surface area (Å²) in [4.78, 5) is 4.09. The van der Waals surface area contributed by atoms with E-state index in [1.165, 1.54) is 12.1 Å². The van der Waals surface area contributed by atoms with Crippen LogP contribution in [0.25, 0.3) is 0 Å². The van der Waals surface area contributed by atoms with Crippen LogP contribution in [0.2, 0.25) is 0 Å². The van der Waals surface area contributed by atoms with E-state index in [2.05, 4.69) is 19.8 Å². The van der Waals surface area contributed by atoms with Crippen molar-refractivity contribution >= 4 is 5.69 Å². The standard InChI is InChI=1S/C14H12F2N2O2/c1-9-4-10(7-17-6-9)8-18-11-2-3-12-13(5-11)20-14(15,16)19-12/h2-7,18H,8H2,1H3. The second-order valence-electron chi connectivity index (χ2n) is 4.55. The van der Waals surface area contributed by atoms with Crippen molar-refractivity contribution in [2.75, 3.05) is 5.32 Å². The third-order valence-corrected chi connectivity index (χ3v) is 2.83. The molecule has 1 aromatic heterocycles. The minimum absolute atomic E-state index is 0.0300. The molecule has 3 rings (SSSR count). The fraction of sp³-hybridized carbons (Fsp3) is 0.214. The number of fused-ring (bicyclic) bond motifs is 1. The van der Waals surface area contributed by atoms with Crippen LogP contribution in [0.3, 0.4) is 0 Å². The Bertz CT molecular complexity index is 647. The van der Waals surface area contributed by atoms with Gasteiger partial charge in [-0.05, 0) is 30.2 Å². The van der Waals surface area contributed by atoms with Gasteiger partial charge < -0.3 is 14.8 Å². The van der Waals surface area contributed by atoms with E-state index in [4.69, 9.17) is 0 Å². The average molecular weight is 278 g/mol. The van der Waals surface area contributed by atoms with Crippen LogP contribution in [0.4, 0.5) is 14.5 Å². The van der Waals surface area contributed by atoms with E-state index in [9.17, 15) is 8.78 Å². The van der Waals surface area contributed by atoms with E-state index >= 15 is 0 Å². The van der Waals surface area contributed by atoms with E-state index in [-0.39, 0.29) is 11.5 Å². The fourth-order valence-corrected chi connectivity index (χ4v) is 1.98. The zero-order chi connectivity index (χ0) is 14.2. The number of nitrogens with one attached hydrogen (secondary N) is 1. The lowest BCUT2D eigenvalue weighted by molar-refractivity contribution is -0.286. The molecule has 6 heteroatoms. The van der Waals surface area contributed by atoms with Gasteiger partial charge in [-0.3, -0.25) is 4.98 Å². The van der Waals surface area contributed by atoms with E-state index < -0.39 is 6.29 Å². The Hall–Kier alpha value is -2.37. The third kappa shape index (κ3) is 2.64. The summed E-state index contributed by atoms with van der Waals surface area (Å²) in [5.74, 6) is 0.0696. The molecule has 0 bridgehead atoms. The molecule has 0 aliphatic carbocycles. The maximum atomic E-state index is 12.9. The summed E-state index contributed by atoms with van der Waals surface area (Å²) in [7, 11) is 0. The van der Waals surface area contributed by atoms with Gasteiger partial charge in [0.2, 0.25) is 0 Å². The van der Waals surface area contributed by atoms with Gasteiger partial charge in [0.1, 0.15) is 0 Å². The van der Waals surface area contributed by atoms with Crippen molar-refractivity contribution in [3.63, 3.8) is 0 Å². The Morgan fingerprint density at radius 1 is 1.15 bits per heavy atom. The summed E-state index contributed by atoms with van der Waals surface area (Å²) in [5.41, 5.74) is 2.74. The second-order valence-corrected chi connectivity index (χ2v) is 4.55. The molecular weight excluding hydrogens is 266 g/mol. The van der Waals surface area contributed by atoms with Crippen LogP contribution < -0.4 is 14.8 Å². The van der Waals surface area contributed by atoms with Crippen molar-refractivity contribution in [3.8, 4) is 11.5 Å². The highest BCUT2D eigenvalue weighted by Gasteiger charge is 2.43. The lowest BCUT2D eigenvalue weighted by Gasteiger charge is -2.07. The number of anilines is 1. The Kier molecular flexibility index (Phi) is 2.93. The maximum Gasteiger partial charge on any atom is 0.586 e. The number of ether oxygens (including phenoxy) is 2. The van der Waals surface area contributed by atoms with Gasteiger partial charge in [0.15, 0.2) is 11.5 Å². The number of aryl methyl sites for hydroxylation is 1. The predicted octanol–water partition coefficient (Wildman–Crippen LogP) is 3.32. The molecule has 0 spiro atoms. The highest BCUT2D eigenvalue weighted by molar-refractivity contribution is 5.56. The third-order valence-electron chi connectivity index (χ3n) is 2.83. The molecule has 1 aromatic carbocycles. The molecule has 0 atom stereocenters. The summed E-state index contributed by atoms with van der Waals surface area (Å²) in [6.45, 7) is 2.50. The van der Waals surface area contributed by atoms with Gasteiger partial charge in [0, 0.05) is 30.7 Å². The van der Waals surface area contributed by atoms with Crippen LogP contribution >= 0.6 is 0 Å². The van der Waals surface area contributed by atoms with Gasteiger partial charge in [-0.25, -0.2) is 0 Å². The summed E-state index contributed by atoms with van der Waals surface area (Å²) >= 11 is 0. The first kappa shape index (κ1) is 12.7. The Labute approximate surface area is 114 Å². The Morgan fingerprint density at radius 2 is 1.95 bits per heavy atom. The molecule has 20 heavy (non-hydrogen) atoms. The molecule has 104 valence electrons. The zero-order valence-electron chi connectivity index (χ0n) is 10.7. The number of rotatable bonds is 3. The maximum absolute atomic E-state index is 12.9. The van der Waals surface area contributed by atoms with Crippen molar-refractivity contribution in [2.45, 2.75) is 19.8 Å². The quantitative estimate of drug-likeness (QED) is 0.935. The number of halogens is 2. The van der Waals surface area contributed by atoms with Crippen molar-refractivity contribution in [1.29, 1.82) is 0 Å². The van der Waals surface area contributed by atoms with Gasteiger partial charge in [0.25, 0.3) is 0 Å². The SMILES string of the molecule is Cc1cncc(CNc2ccc3c(c2)OC(F)(F)O3)c1. The van der Waals surface area contributed by atoms with Gasteiger partial charge in [-0.15, -0.1) is 8.78 Å². The number of alkyl halides is 2. The number of nitrogens with zero attached hydrogens (tertiary/aromatic N) is 1. The monoisotopic (exact) mass is 278 g/mol. The first-order chi connectivity index (χ1) is 9.52. The number of hydrogen-bond donors (Lipinski definition) is 1. The highest BCUT2D eigenvalue weighted by atomic mass is 19.3. The van der Waals surface area contributed by atoms with Crippen LogP contribution in [0.15, 0.2) is 36.7 Å². The molecule has 0 radical (unpaired) electrons. The molecule has 1 aliphatic rings. The predicted molar refractivity (Wildman–Crippen MR) is 68.9 cm³/mol. The summed E-state index contributed by atoms with van der Waals surface area (Å²) < 4.78 is 34.5. The summed E-state index contributed by atoms with van der Waals surface area (Å²) in [6, 6.07) is 6.60. The lowest BCUT2D eigenvalue weighted by atomic mass is 10.2. The minimum Gasteiger partial charge on any atom is -0.395 e. The van der Waals surface area contributed by atoms with Crippen molar-refractivity contribution in [3.05, 3.63) is 47.8 Å². The van der Waals surface area contributed by atoms with Crippen LogP contribution in [-0.2, 0) is 6.54 Å². The molecule has 0 amide bonds. The molecule has 1 N–H and O–H groups in total. The lowest BCUT2D eigenvalue weighted by Crippen LogP contribution is -2.25. The van der Waals surface area contributed by atoms with Gasteiger partial charge in [0.05, 0.1) is 0 Å². The Balaban J connectivity index is 1.71. The molecule has 0 unspecified atom stereocenters. The van der Waals surface area contributed by atoms with Crippen molar-refractivity contribution < 1.29 is 18.3 Å². The van der Waals surface area contributed by atoms with Crippen LogP contribution in [0.1, 0.15) is 11.1 Å². The van der Waals surface area contributed by atoms with E-state index in [0.29, 0.717) is 12.2 Å². The van der Waals surface area contributed by atoms with Crippen molar-refractivity contribution in [1.82, 2.24) is 4.98 Å². The second kappa shape index (κ2) is 4.63. The molecule has 2 heterocycles. The topological polar surface area (TPSA) is 43.4 Å². The number of hydrogen-bond acceptors (Lipinski definition) is 4. The molecule has 4 nitrogen and oxygen atoms in total. The number of aromatic nitrogens is 1. The Morgan fingerprint density at radius 3 is 2.75 bits per heavy atom. The highest BCUT2D eigenvalue weighted by Crippen LogP contribution is 2.42. The largest absolute Gasteiger partial charge is 0.586 e.